The second-order valence-corrected chi connectivity index (χ2v) is 6.57. The number of amides is 2. The molecule has 0 aliphatic heterocycles. The van der Waals surface area contributed by atoms with Gasteiger partial charge in [-0.1, -0.05) is 12.1 Å². The van der Waals surface area contributed by atoms with E-state index in [-0.39, 0.29) is 11.8 Å². The lowest BCUT2D eigenvalue weighted by Crippen LogP contribution is -2.30. The van der Waals surface area contributed by atoms with E-state index in [1.54, 1.807) is 34.4 Å². The van der Waals surface area contributed by atoms with Crippen LogP contribution < -0.4 is 5.32 Å². The van der Waals surface area contributed by atoms with Crippen LogP contribution in [0.1, 0.15) is 41.9 Å². The first-order valence-electron chi connectivity index (χ1n) is 8.35. The predicted molar refractivity (Wildman–Crippen MR) is 99.6 cm³/mol. The molecular weight excluding hydrogens is 320 g/mol. The van der Waals surface area contributed by atoms with Crippen LogP contribution in [0.3, 0.4) is 0 Å². The molecule has 0 aliphatic carbocycles. The van der Waals surface area contributed by atoms with Crippen LogP contribution in [0.5, 0.6) is 0 Å². The van der Waals surface area contributed by atoms with Crippen molar-refractivity contribution in [3.63, 3.8) is 0 Å². The van der Waals surface area contributed by atoms with Gasteiger partial charge >= 0.3 is 0 Å². The number of carbonyl (C=O) groups is 2. The molecular formula is C19H24N2O2S. The number of anilines is 1. The zero-order valence-electron chi connectivity index (χ0n) is 14.2. The van der Waals surface area contributed by atoms with Gasteiger partial charge in [-0.25, -0.2) is 0 Å². The average Bonchev–Trinajstić information content (AvgIpc) is 3.09. The summed E-state index contributed by atoms with van der Waals surface area (Å²) >= 11 is 1.72. The van der Waals surface area contributed by atoms with Crippen LogP contribution in [0.25, 0.3) is 0 Å². The number of rotatable bonds is 8. The van der Waals surface area contributed by atoms with Gasteiger partial charge in [-0.3, -0.25) is 9.59 Å². The second kappa shape index (κ2) is 9.23. The number of nitrogens with one attached hydrogen (secondary N) is 1. The van der Waals surface area contributed by atoms with Gasteiger partial charge in [0.15, 0.2) is 0 Å². The number of thiophene rings is 1. The van der Waals surface area contributed by atoms with E-state index in [9.17, 15) is 9.59 Å². The maximum atomic E-state index is 12.4. The van der Waals surface area contributed by atoms with E-state index in [2.05, 4.69) is 11.4 Å². The van der Waals surface area contributed by atoms with Crippen molar-refractivity contribution in [2.75, 3.05) is 18.4 Å². The summed E-state index contributed by atoms with van der Waals surface area (Å²) < 4.78 is 0. The smallest absolute Gasteiger partial charge is 0.253 e. The maximum Gasteiger partial charge on any atom is 0.253 e. The van der Waals surface area contributed by atoms with Gasteiger partial charge in [0.05, 0.1) is 0 Å². The zero-order chi connectivity index (χ0) is 17.4. The fourth-order valence-electron chi connectivity index (χ4n) is 2.52. The Morgan fingerprint density at radius 1 is 1.12 bits per heavy atom. The van der Waals surface area contributed by atoms with E-state index in [1.165, 1.54) is 4.88 Å². The summed E-state index contributed by atoms with van der Waals surface area (Å²) in [5, 5.41) is 4.94. The number of carbonyl (C=O) groups excluding carboxylic acids is 2. The van der Waals surface area contributed by atoms with Gasteiger partial charge in [0.2, 0.25) is 5.91 Å². The second-order valence-electron chi connectivity index (χ2n) is 5.54. The van der Waals surface area contributed by atoms with Crippen LogP contribution in [0.2, 0.25) is 0 Å². The van der Waals surface area contributed by atoms with Gasteiger partial charge in [-0.15, -0.1) is 11.3 Å². The Kier molecular flexibility index (Phi) is 7.00. The Morgan fingerprint density at radius 2 is 1.92 bits per heavy atom. The third kappa shape index (κ3) is 5.20. The first-order chi connectivity index (χ1) is 11.6. The third-order valence-corrected chi connectivity index (χ3v) is 4.79. The van der Waals surface area contributed by atoms with Crippen LogP contribution in [0.4, 0.5) is 5.69 Å². The number of aryl methyl sites for hydroxylation is 1. The van der Waals surface area contributed by atoms with E-state index in [1.807, 2.05) is 31.4 Å². The van der Waals surface area contributed by atoms with Crippen molar-refractivity contribution in [3.8, 4) is 0 Å². The number of hydrogen-bond donors (Lipinski definition) is 1. The van der Waals surface area contributed by atoms with E-state index in [0.29, 0.717) is 30.8 Å². The Balaban J connectivity index is 1.88. The fourth-order valence-corrected chi connectivity index (χ4v) is 3.28. The summed E-state index contributed by atoms with van der Waals surface area (Å²) in [5.74, 6) is -0.0206. The number of hydrogen-bond acceptors (Lipinski definition) is 3. The predicted octanol–water partition coefficient (Wildman–Crippen LogP) is 4.19. The van der Waals surface area contributed by atoms with Crippen LogP contribution in [0, 0.1) is 0 Å². The Hall–Kier alpha value is -2.14. The number of benzene rings is 1. The molecule has 1 N–H and O–H groups in total. The molecule has 2 aromatic rings. The lowest BCUT2D eigenvalue weighted by atomic mass is 10.1. The highest BCUT2D eigenvalue weighted by atomic mass is 32.1. The van der Waals surface area contributed by atoms with Crippen molar-refractivity contribution >= 4 is 28.8 Å². The summed E-state index contributed by atoms with van der Waals surface area (Å²) in [4.78, 5) is 27.5. The Bertz CT molecular complexity index is 664. The van der Waals surface area contributed by atoms with E-state index in [0.717, 1.165) is 12.8 Å². The molecule has 0 unspecified atom stereocenters. The molecule has 0 aliphatic rings. The van der Waals surface area contributed by atoms with Gasteiger partial charge in [-0.05, 0) is 56.3 Å². The Morgan fingerprint density at radius 3 is 2.58 bits per heavy atom. The zero-order valence-corrected chi connectivity index (χ0v) is 15.1. The molecule has 1 aromatic heterocycles. The first-order valence-corrected chi connectivity index (χ1v) is 9.23. The highest BCUT2D eigenvalue weighted by Gasteiger charge is 2.13. The van der Waals surface area contributed by atoms with E-state index < -0.39 is 0 Å². The molecule has 4 nitrogen and oxygen atoms in total. The monoisotopic (exact) mass is 344 g/mol. The summed E-state index contributed by atoms with van der Waals surface area (Å²) in [6.07, 6.45) is 2.22. The minimum absolute atomic E-state index is 0.00575. The molecule has 0 radical (unpaired) electrons. The molecule has 5 heteroatoms. The van der Waals surface area contributed by atoms with Crippen molar-refractivity contribution in [2.45, 2.75) is 33.1 Å². The van der Waals surface area contributed by atoms with E-state index in [4.69, 9.17) is 0 Å². The van der Waals surface area contributed by atoms with Gasteiger partial charge < -0.3 is 10.2 Å². The number of nitrogens with zero attached hydrogens (tertiary/aromatic N) is 1. The van der Waals surface area contributed by atoms with Crippen molar-refractivity contribution in [2.24, 2.45) is 0 Å². The third-order valence-electron chi connectivity index (χ3n) is 3.85. The lowest BCUT2D eigenvalue weighted by Gasteiger charge is -2.19. The summed E-state index contributed by atoms with van der Waals surface area (Å²) in [5.41, 5.74) is 1.28. The van der Waals surface area contributed by atoms with Crippen LogP contribution in [-0.4, -0.2) is 29.8 Å². The molecule has 1 heterocycles. The van der Waals surface area contributed by atoms with Crippen LogP contribution in [0.15, 0.2) is 41.8 Å². The molecule has 2 amide bonds. The molecule has 128 valence electrons. The Labute approximate surface area is 147 Å². The first kappa shape index (κ1) is 18.2. The summed E-state index contributed by atoms with van der Waals surface area (Å²) in [6, 6.07) is 11.3. The molecule has 1 aromatic carbocycles. The molecule has 2 rings (SSSR count). The normalized spacial score (nSPS) is 10.4. The molecule has 0 saturated heterocycles. The van der Waals surface area contributed by atoms with E-state index >= 15 is 0 Å². The van der Waals surface area contributed by atoms with Gasteiger partial charge in [0, 0.05) is 35.6 Å². The van der Waals surface area contributed by atoms with Crippen LogP contribution in [-0.2, 0) is 11.2 Å². The van der Waals surface area contributed by atoms with Gasteiger partial charge in [0.1, 0.15) is 0 Å². The minimum Gasteiger partial charge on any atom is -0.339 e. The van der Waals surface area contributed by atoms with Crippen molar-refractivity contribution in [3.05, 3.63) is 52.2 Å². The lowest BCUT2D eigenvalue weighted by molar-refractivity contribution is -0.116. The standard InChI is InChI=1S/C19H24N2O2S/c1-3-21(4-2)19(23)15-8-5-9-16(14-15)20-18(22)12-6-10-17-11-7-13-24-17/h5,7-9,11,13-14H,3-4,6,10,12H2,1-2H3,(H,20,22). The van der Waals surface area contributed by atoms with Crippen molar-refractivity contribution < 1.29 is 9.59 Å². The molecule has 0 spiro atoms. The average molecular weight is 344 g/mol. The quantitative estimate of drug-likeness (QED) is 0.780. The topological polar surface area (TPSA) is 49.4 Å². The highest BCUT2D eigenvalue weighted by molar-refractivity contribution is 7.09. The summed E-state index contributed by atoms with van der Waals surface area (Å²) in [7, 11) is 0. The largest absolute Gasteiger partial charge is 0.339 e. The maximum absolute atomic E-state index is 12.4. The van der Waals surface area contributed by atoms with Crippen LogP contribution >= 0.6 is 11.3 Å². The van der Waals surface area contributed by atoms with Gasteiger partial charge in [-0.2, -0.15) is 0 Å². The minimum atomic E-state index is -0.0148. The van der Waals surface area contributed by atoms with Crippen molar-refractivity contribution in [1.29, 1.82) is 0 Å². The highest BCUT2D eigenvalue weighted by Crippen LogP contribution is 2.15. The molecule has 0 fully saturated rings. The molecule has 0 bridgehead atoms. The molecule has 0 atom stereocenters. The summed E-state index contributed by atoms with van der Waals surface area (Å²) in [6.45, 7) is 5.27. The van der Waals surface area contributed by atoms with Gasteiger partial charge in [0.25, 0.3) is 5.91 Å². The fraction of sp³-hybridized carbons (Fsp3) is 0.368. The molecule has 24 heavy (non-hydrogen) atoms. The van der Waals surface area contributed by atoms with Crippen molar-refractivity contribution in [1.82, 2.24) is 4.90 Å². The molecule has 0 saturated carbocycles. The SMILES string of the molecule is CCN(CC)C(=O)c1cccc(NC(=O)CCCc2cccs2)c1.